The van der Waals surface area contributed by atoms with Crippen molar-refractivity contribution in [1.82, 2.24) is 4.98 Å². The summed E-state index contributed by atoms with van der Waals surface area (Å²) >= 11 is 1.27. The van der Waals surface area contributed by atoms with Gasteiger partial charge in [-0.05, 0) is 37.0 Å². The number of fused-ring (bicyclic) bond motifs is 2. The summed E-state index contributed by atoms with van der Waals surface area (Å²) in [4.78, 5) is 31.0. The molecule has 1 amide bonds. The number of Topliss-reactive ketones (excluding diaryl/α,β-unsaturated/α-hetero) is 1. The number of carbonyl (C=O) groups excluding carboxylic acids is 2. The zero-order valence-electron chi connectivity index (χ0n) is 15.6. The molecule has 1 aromatic carbocycles. The first-order chi connectivity index (χ1) is 12.7. The molecule has 3 N–H and O–H groups in total. The number of nitrogens with two attached hydrogens (primary N) is 1. The molecule has 27 heavy (non-hydrogen) atoms. The molecule has 2 aromatic heterocycles. The van der Waals surface area contributed by atoms with Crippen molar-refractivity contribution in [2.24, 2.45) is 5.41 Å². The Labute approximate surface area is 161 Å². The van der Waals surface area contributed by atoms with Gasteiger partial charge in [0.2, 0.25) is 0 Å². The van der Waals surface area contributed by atoms with Crippen molar-refractivity contribution in [2.75, 3.05) is 11.1 Å². The van der Waals surface area contributed by atoms with Crippen molar-refractivity contribution in [3.05, 3.63) is 52.0 Å². The molecule has 0 saturated carbocycles. The highest BCUT2D eigenvalue weighted by Crippen LogP contribution is 2.39. The Kier molecular flexibility index (Phi) is 4.03. The summed E-state index contributed by atoms with van der Waals surface area (Å²) in [6, 6.07) is 9.40. The third-order valence-corrected chi connectivity index (χ3v) is 6.02. The summed E-state index contributed by atoms with van der Waals surface area (Å²) in [5.74, 6) is -0.170. The maximum absolute atomic E-state index is 12.7. The Morgan fingerprint density at radius 1 is 1.22 bits per heavy atom. The van der Waals surface area contributed by atoms with Gasteiger partial charge in [0.15, 0.2) is 5.78 Å². The summed E-state index contributed by atoms with van der Waals surface area (Å²) in [7, 11) is 0. The van der Waals surface area contributed by atoms with Crippen LogP contribution in [0.4, 0.5) is 11.4 Å². The molecule has 0 atom stereocenters. The van der Waals surface area contributed by atoms with Gasteiger partial charge in [-0.2, -0.15) is 0 Å². The molecule has 138 valence electrons. The molecule has 0 saturated heterocycles. The number of amides is 1. The van der Waals surface area contributed by atoms with Crippen LogP contribution in [0.5, 0.6) is 0 Å². The van der Waals surface area contributed by atoms with Crippen molar-refractivity contribution < 1.29 is 9.59 Å². The predicted octanol–water partition coefficient (Wildman–Crippen LogP) is 4.59. The highest BCUT2D eigenvalue weighted by Gasteiger charge is 2.33. The highest BCUT2D eigenvalue weighted by atomic mass is 32.1. The Balaban J connectivity index is 1.73. The fourth-order valence-electron chi connectivity index (χ4n) is 3.49. The molecule has 0 spiro atoms. The van der Waals surface area contributed by atoms with E-state index in [1.54, 1.807) is 0 Å². The lowest BCUT2D eigenvalue weighted by Gasteiger charge is -2.29. The maximum atomic E-state index is 12.7. The normalized spacial score (nSPS) is 15.6. The smallest absolute Gasteiger partial charge is 0.267 e. The molecule has 1 aliphatic carbocycles. The molecule has 2 heterocycles. The molecule has 0 bridgehead atoms. The van der Waals surface area contributed by atoms with E-state index in [0.29, 0.717) is 38.5 Å². The number of nitrogens with zero attached hydrogens (tertiary/aromatic N) is 1. The number of nitrogens with one attached hydrogen (secondary N) is 1. The number of benzene rings is 1. The van der Waals surface area contributed by atoms with Crippen LogP contribution < -0.4 is 11.1 Å². The summed E-state index contributed by atoms with van der Waals surface area (Å²) in [5, 5.41) is 3.56. The van der Waals surface area contributed by atoms with E-state index < -0.39 is 0 Å². The summed E-state index contributed by atoms with van der Waals surface area (Å²) in [6.45, 7) is 6.14. The van der Waals surface area contributed by atoms with E-state index in [2.05, 4.69) is 24.1 Å². The van der Waals surface area contributed by atoms with Crippen LogP contribution in [0.15, 0.2) is 30.3 Å². The Morgan fingerprint density at radius 2 is 1.93 bits per heavy atom. The number of carbonyl (C=O) groups is 2. The number of ketones is 1. The molecule has 1 aliphatic rings. The van der Waals surface area contributed by atoms with Gasteiger partial charge in [-0.15, -0.1) is 11.3 Å². The average molecular weight is 379 g/mol. The lowest BCUT2D eigenvalue weighted by Crippen LogP contribution is -2.27. The third-order valence-electron chi connectivity index (χ3n) is 4.90. The molecule has 3 aromatic rings. The number of thiophene rings is 1. The van der Waals surface area contributed by atoms with E-state index >= 15 is 0 Å². The Hall–Kier alpha value is -2.73. The van der Waals surface area contributed by atoms with Gasteiger partial charge in [0.25, 0.3) is 5.91 Å². The zero-order chi connectivity index (χ0) is 19.3. The number of hydrogen-bond donors (Lipinski definition) is 2. The van der Waals surface area contributed by atoms with Crippen LogP contribution in [0.25, 0.3) is 10.2 Å². The van der Waals surface area contributed by atoms with Crippen LogP contribution in [0, 0.1) is 12.3 Å². The second-order valence-corrected chi connectivity index (χ2v) is 8.94. The molecule has 6 heteroatoms. The van der Waals surface area contributed by atoms with Gasteiger partial charge < -0.3 is 11.1 Å². The van der Waals surface area contributed by atoms with Crippen molar-refractivity contribution in [2.45, 2.75) is 33.6 Å². The number of pyridine rings is 1. The van der Waals surface area contributed by atoms with Crippen molar-refractivity contribution >= 4 is 44.6 Å². The van der Waals surface area contributed by atoms with Crippen LogP contribution in [0.2, 0.25) is 0 Å². The van der Waals surface area contributed by atoms with Gasteiger partial charge in [0, 0.05) is 23.1 Å². The van der Waals surface area contributed by atoms with Crippen molar-refractivity contribution in [3.63, 3.8) is 0 Å². The van der Waals surface area contributed by atoms with Crippen molar-refractivity contribution in [1.29, 1.82) is 0 Å². The standard InChI is InChI=1S/C21H21N3O2S/c1-11-4-6-12(7-5-11)23-19(26)18-17(22)14-8-13-15(24-20(14)27-18)9-21(2,3)10-16(13)25/h4-8H,9-10,22H2,1-3H3,(H,23,26). The number of nitrogen functional groups attached to an aromatic ring is 1. The Bertz CT molecular complexity index is 1080. The first-order valence-corrected chi connectivity index (χ1v) is 9.68. The predicted molar refractivity (Wildman–Crippen MR) is 110 cm³/mol. The van der Waals surface area contributed by atoms with Crippen molar-refractivity contribution in [3.8, 4) is 0 Å². The quantitative estimate of drug-likeness (QED) is 0.682. The van der Waals surface area contributed by atoms with Crippen LogP contribution >= 0.6 is 11.3 Å². The molecule has 0 fully saturated rings. The molecular weight excluding hydrogens is 358 g/mol. The average Bonchev–Trinajstić information content (AvgIpc) is 2.91. The van der Waals surface area contributed by atoms with Gasteiger partial charge >= 0.3 is 0 Å². The maximum Gasteiger partial charge on any atom is 0.267 e. The van der Waals surface area contributed by atoms with Crippen LogP contribution in [-0.2, 0) is 6.42 Å². The minimum Gasteiger partial charge on any atom is -0.397 e. The molecule has 0 aliphatic heterocycles. The minimum atomic E-state index is -0.260. The molecule has 4 rings (SSSR count). The molecule has 5 nitrogen and oxygen atoms in total. The van der Waals surface area contributed by atoms with Gasteiger partial charge in [-0.1, -0.05) is 31.5 Å². The Morgan fingerprint density at radius 3 is 2.63 bits per heavy atom. The van der Waals surface area contributed by atoms with Gasteiger partial charge in [-0.3, -0.25) is 9.59 Å². The van der Waals surface area contributed by atoms with E-state index in [1.807, 2.05) is 37.3 Å². The number of aromatic nitrogens is 1. The second-order valence-electron chi connectivity index (χ2n) is 7.94. The monoisotopic (exact) mass is 379 g/mol. The first kappa shape index (κ1) is 17.7. The first-order valence-electron chi connectivity index (χ1n) is 8.87. The third kappa shape index (κ3) is 3.21. The van der Waals surface area contributed by atoms with E-state index in [0.717, 1.165) is 17.7 Å². The molecule has 0 radical (unpaired) electrons. The van der Waals surface area contributed by atoms with Gasteiger partial charge in [0.1, 0.15) is 9.71 Å². The number of hydrogen-bond acceptors (Lipinski definition) is 5. The SMILES string of the molecule is Cc1ccc(NC(=O)c2sc3nc4c(cc3c2N)C(=O)CC(C)(C)C4)cc1. The minimum absolute atomic E-state index is 0.0897. The molecular formula is C21H21N3O2S. The lowest BCUT2D eigenvalue weighted by atomic mass is 9.75. The number of aryl methyl sites for hydroxylation is 1. The fraction of sp³-hybridized carbons (Fsp3) is 0.286. The van der Waals surface area contributed by atoms with E-state index in [-0.39, 0.29) is 17.1 Å². The summed E-state index contributed by atoms with van der Waals surface area (Å²) in [5.41, 5.74) is 9.81. The molecule has 0 unspecified atom stereocenters. The summed E-state index contributed by atoms with van der Waals surface area (Å²) in [6.07, 6.45) is 1.24. The second kappa shape index (κ2) is 6.16. The van der Waals surface area contributed by atoms with E-state index in [1.165, 1.54) is 11.3 Å². The van der Waals surface area contributed by atoms with E-state index in [4.69, 9.17) is 5.73 Å². The number of anilines is 2. The van der Waals surface area contributed by atoms with Crippen LogP contribution in [0.3, 0.4) is 0 Å². The van der Waals surface area contributed by atoms with Crippen LogP contribution in [-0.4, -0.2) is 16.7 Å². The fourth-order valence-corrected chi connectivity index (χ4v) is 4.48. The lowest BCUT2D eigenvalue weighted by molar-refractivity contribution is 0.0910. The highest BCUT2D eigenvalue weighted by molar-refractivity contribution is 7.21. The van der Waals surface area contributed by atoms with E-state index in [9.17, 15) is 9.59 Å². The van der Waals surface area contributed by atoms with Gasteiger partial charge in [0.05, 0.1) is 11.4 Å². The zero-order valence-corrected chi connectivity index (χ0v) is 16.4. The van der Waals surface area contributed by atoms with Gasteiger partial charge in [-0.25, -0.2) is 4.98 Å². The summed E-state index contributed by atoms with van der Waals surface area (Å²) < 4.78 is 0. The number of rotatable bonds is 2. The van der Waals surface area contributed by atoms with Crippen LogP contribution in [0.1, 0.15) is 51.6 Å². The topological polar surface area (TPSA) is 85.1 Å². The largest absolute Gasteiger partial charge is 0.397 e.